The molecule has 1 aromatic carbocycles. The molecular formula is C15H20O. The Hall–Kier alpha value is -1.11. The molecule has 1 heteroatoms. The molecule has 0 radical (unpaired) electrons. The molecule has 2 rings (SSSR count). The van der Waals surface area contributed by atoms with Crippen molar-refractivity contribution in [2.75, 3.05) is 0 Å². The Morgan fingerprint density at radius 3 is 2.44 bits per heavy atom. The Morgan fingerprint density at radius 2 is 1.81 bits per heavy atom. The summed E-state index contributed by atoms with van der Waals surface area (Å²) in [6.07, 6.45) is 4.51. The van der Waals surface area contributed by atoms with E-state index >= 15 is 0 Å². The first-order valence-corrected chi connectivity index (χ1v) is 6.16. The Kier molecular flexibility index (Phi) is 2.88. The highest BCUT2D eigenvalue weighted by Gasteiger charge is 2.37. The molecule has 0 aromatic heterocycles. The van der Waals surface area contributed by atoms with E-state index in [4.69, 9.17) is 0 Å². The van der Waals surface area contributed by atoms with Gasteiger partial charge in [0.1, 0.15) is 0 Å². The van der Waals surface area contributed by atoms with E-state index in [9.17, 15) is 4.79 Å². The molecule has 16 heavy (non-hydrogen) atoms. The highest BCUT2D eigenvalue weighted by molar-refractivity contribution is 6.01. The number of hydrogen-bond acceptors (Lipinski definition) is 1. The number of carbonyl (C=O) groups excluding carboxylic acids is 1. The fourth-order valence-corrected chi connectivity index (χ4v) is 2.70. The molecule has 0 heterocycles. The van der Waals surface area contributed by atoms with Crippen LogP contribution in [-0.2, 0) is 0 Å². The van der Waals surface area contributed by atoms with Crippen LogP contribution in [0.3, 0.4) is 0 Å². The summed E-state index contributed by atoms with van der Waals surface area (Å²) in [6.45, 7) is 6.26. The summed E-state index contributed by atoms with van der Waals surface area (Å²) in [7, 11) is 0. The van der Waals surface area contributed by atoms with Crippen LogP contribution in [-0.4, -0.2) is 5.78 Å². The van der Waals surface area contributed by atoms with E-state index in [1.165, 1.54) is 18.4 Å². The van der Waals surface area contributed by atoms with Crippen molar-refractivity contribution >= 4 is 5.78 Å². The van der Waals surface area contributed by atoms with Gasteiger partial charge in [-0.25, -0.2) is 0 Å². The number of hydrogen-bond donors (Lipinski definition) is 0. The van der Waals surface area contributed by atoms with Crippen molar-refractivity contribution < 1.29 is 4.79 Å². The summed E-state index contributed by atoms with van der Waals surface area (Å²) in [6, 6.07) is 6.05. The zero-order valence-corrected chi connectivity index (χ0v) is 10.5. The molecular weight excluding hydrogens is 196 g/mol. The minimum Gasteiger partial charge on any atom is -0.294 e. The summed E-state index contributed by atoms with van der Waals surface area (Å²) < 4.78 is 0. The standard InChI is InChI=1S/C15H20O/c1-11-7-6-8-13(12(11)2)14(16)15(3)9-4-5-10-15/h6-8H,4-5,9-10H2,1-3H3. The topological polar surface area (TPSA) is 17.1 Å². The van der Waals surface area contributed by atoms with Crippen LogP contribution in [0.4, 0.5) is 0 Å². The maximum absolute atomic E-state index is 12.5. The molecule has 1 aliphatic rings. The average molecular weight is 216 g/mol. The monoisotopic (exact) mass is 216 g/mol. The molecule has 1 fully saturated rings. The first-order valence-electron chi connectivity index (χ1n) is 6.16. The molecule has 0 atom stereocenters. The molecule has 1 saturated carbocycles. The molecule has 0 N–H and O–H groups in total. The fourth-order valence-electron chi connectivity index (χ4n) is 2.70. The van der Waals surface area contributed by atoms with Gasteiger partial charge in [0.15, 0.2) is 5.78 Å². The van der Waals surface area contributed by atoms with Gasteiger partial charge in [0.2, 0.25) is 0 Å². The van der Waals surface area contributed by atoms with Gasteiger partial charge in [-0.05, 0) is 37.8 Å². The van der Waals surface area contributed by atoms with Crippen molar-refractivity contribution in [1.29, 1.82) is 0 Å². The number of rotatable bonds is 2. The van der Waals surface area contributed by atoms with Gasteiger partial charge < -0.3 is 0 Å². The largest absolute Gasteiger partial charge is 0.294 e. The molecule has 0 aliphatic heterocycles. The van der Waals surface area contributed by atoms with E-state index in [0.29, 0.717) is 5.78 Å². The highest BCUT2D eigenvalue weighted by atomic mass is 16.1. The second kappa shape index (κ2) is 4.04. The van der Waals surface area contributed by atoms with E-state index in [0.717, 1.165) is 24.0 Å². The van der Waals surface area contributed by atoms with Crippen LogP contribution >= 0.6 is 0 Å². The summed E-state index contributed by atoms with van der Waals surface area (Å²) in [5.41, 5.74) is 3.20. The SMILES string of the molecule is Cc1cccc(C(=O)C2(C)CCCC2)c1C. The summed E-state index contributed by atoms with van der Waals surface area (Å²) in [4.78, 5) is 12.5. The zero-order chi connectivity index (χ0) is 11.8. The normalized spacial score (nSPS) is 18.7. The van der Waals surface area contributed by atoms with Crippen molar-refractivity contribution in [2.45, 2.75) is 46.5 Å². The number of Topliss-reactive ketones (excluding diaryl/α,β-unsaturated/α-hetero) is 1. The van der Waals surface area contributed by atoms with Gasteiger partial charge >= 0.3 is 0 Å². The van der Waals surface area contributed by atoms with Crippen LogP contribution in [0.2, 0.25) is 0 Å². The van der Waals surface area contributed by atoms with Gasteiger partial charge in [0, 0.05) is 11.0 Å². The lowest BCUT2D eigenvalue weighted by Crippen LogP contribution is -2.25. The van der Waals surface area contributed by atoms with E-state index in [1.807, 2.05) is 12.1 Å². The lowest BCUT2D eigenvalue weighted by molar-refractivity contribution is 0.0822. The average Bonchev–Trinajstić information content (AvgIpc) is 2.70. The second-order valence-corrected chi connectivity index (χ2v) is 5.34. The molecule has 0 unspecified atom stereocenters. The Morgan fingerprint density at radius 1 is 1.19 bits per heavy atom. The molecule has 0 amide bonds. The number of aryl methyl sites for hydroxylation is 1. The number of ketones is 1. The number of carbonyl (C=O) groups is 1. The van der Waals surface area contributed by atoms with Crippen LogP contribution < -0.4 is 0 Å². The minimum absolute atomic E-state index is 0.0987. The molecule has 0 bridgehead atoms. The highest BCUT2D eigenvalue weighted by Crippen LogP contribution is 2.40. The third kappa shape index (κ3) is 1.79. The smallest absolute Gasteiger partial charge is 0.168 e. The van der Waals surface area contributed by atoms with Crippen LogP contribution in [0.1, 0.15) is 54.1 Å². The molecule has 1 nitrogen and oxygen atoms in total. The molecule has 1 aromatic rings. The third-order valence-corrected chi connectivity index (χ3v) is 4.10. The van der Waals surface area contributed by atoms with Crippen LogP contribution in [0, 0.1) is 19.3 Å². The van der Waals surface area contributed by atoms with E-state index in [-0.39, 0.29) is 5.41 Å². The molecule has 0 spiro atoms. The fraction of sp³-hybridized carbons (Fsp3) is 0.533. The quantitative estimate of drug-likeness (QED) is 0.681. The van der Waals surface area contributed by atoms with Crippen molar-refractivity contribution in [3.8, 4) is 0 Å². The van der Waals surface area contributed by atoms with Crippen molar-refractivity contribution in [3.05, 3.63) is 34.9 Å². The van der Waals surface area contributed by atoms with Crippen LogP contribution in [0.15, 0.2) is 18.2 Å². The van der Waals surface area contributed by atoms with E-state index in [2.05, 4.69) is 26.8 Å². The van der Waals surface area contributed by atoms with Gasteiger partial charge in [-0.15, -0.1) is 0 Å². The van der Waals surface area contributed by atoms with Crippen molar-refractivity contribution in [1.82, 2.24) is 0 Å². The lowest BCUT2D eigenvalue weighted by Gasteiger charge is -2.23. The third-order valence-electron chi connectivity index (χ3n) is 4.10. The Balaban J connectivity index is 2.37. The second-order valence-electron chi connectivity index (χ2n) is 5.34. The Labute approximate surface area is 97.9 Å². The van der Waals surface area contributed by atoms with Crippen LogP contribution in [0.5, 0.6) is 0 Å². The number of benzene rings is 1. The van der Waals surface area contributed by atoms with Gasteiger partial charge in [-0.3, -0.25) is 4.79 Å². The van der Waals surface area contributed by atoms with Gasteiger partial charge in [-0.2, -0.15) is 0 Å². The molecule has 0 saturated heterocycles. The Bertz CT molecular complexity index is 411. The lowest BCUT2D eigenvalue weighted by atomic mass is 9.79. The minimum atomic E-state index is -0.0987. The first kappa shape index (κ1) is 11.4. The van der Waals surface area contributed by atoms with Gasteiger partial charge in [0.25, 0.3) is 0 Å². The summed E-state index contributed by atoms with van der Waals surface area (Å²) in [5.74, 6) is 0.353. The molecule has 86 valence electrons. The first-order chi connectivity index (χ1) is 7.54. The predicted molar refractivity (Wildman–Crippen MR) is 66.8 cm³/mol. The van der Waals surface area contributed by atoms with Crippen molar-refractivity contribution in [3.63, 3.8) is 0 Å². The summed E-state index contributed by atoms with van der Waals surface area (Å²) >= 11 is 0. The maximum Gasteiger partial charge on any atom is 0.168 e. The molecule has 1 aliphatic carbocycles. The van der Waals surface area contributed by atoms with Gasteiger partial charge in [0.05, 0.1) is 0 Å². The van der Waals surface area contributed by atoms with E-state index < -0.39 is 0 Å². The maximum atomic E-state index is 12.5. The van der Waals surface area contributed by atoms with E-state index in [1.54, 1.807) is 0 Å². The predicted octanol–water partition coefficient (Wildman–Crippen LogP) is 4.07. The zero-order valence-electron chi connectivity index (χ0n) is 10.5. The van der Waals surface area contributed by atoms with Crippen molar-refractivity contribution in [2.24, 2.45) is 5.41 Å². The van der Waals surface area contributed by atoms with Gasteiger partial charge in [-0.1, -0.05) is 38.0 Å². The van der Waals surface area contributed by atoms with Crippen LogP contribution in [0.25, 0.3) is 0 Å². The summed E-state index contributed by atoms with van der Waals surface area (Å²) in [5, 5.41) is 0.